The van der Waals surface area contributed by atoms with Crippen LogP contribution in [0.1, 0.15) is 40.5 Å². The zero-order valence-corrected chi connectivity index (χ0v) is 12.7. The maximum atomic E-state index is 5.37. The van der Waals surface area contributed by atoms with Gasteiger partial charge in [-0.15, -0.1) is 0 Å². The highest BCUT2D eigenvalue weighted by Crippen LogP contribution is 2.36. The molecule has 3 nitrogen and oxygen atoms in total. The minimum absolute atomic E-state index is 0.323. The van der Waals surface area contributed by atoms with Gasteiger partial charge in [0.15, 0.2) is 0 Å². The number of rotatable bonds is 4. The van der Waals surface area contributed by atoms with Crippen LogP contribution in [-0.4, -0.2) is 49.8 Å². The quantitative estimate of drug-likeness (QED) is 0.832. The molecular weight excluding hydrogens is 224 g/mol. The lowest BCUT2D eigenvalue weighted by Crippen LogP contribution is -2.63. The van der Waals surface area contributed by atoms with Crippen LogP contribution in [0, 0.1) is 11.3 Å². The Bertz CT molecular complexity index is 270. The summed E-state index contributed by atoms with van der Waals surface area (Å²) in [4.78, 5) is 2.68. The zero-order valence-electron chi connectivity index (χ0n) is 12.7. The number of hydrogen-bond acceptors (Lipinski definition) is 3. The van der Waals surface area contributed by atoms with E-state index >= 15 is 0 Å². The van der Waals surface area contributed by atoms with Crippen molar-refractivity contribution >= 4 is 0 Å². The Morgan fingerprint density at radius 3 is 2.50 bits per heavy atom. The third-order valence-electron chi connectivity index (χ3n) is 4.55. The second kappa shape index (κ2) is 5.48. The van der Waals surface area contributed by atoms with Gasteiger partial charge in [-0.05, 0) is 31.1 Å². The van der Waals surface area contributed by atoms with E-state index in [1.807, 2.05) is 7.11 Å². The van der Waals surface area contributed by atoms with Gasteiger partial charge in [-0.25, -0.2) is 0 Å². The highest BCUT2D eigenvalue weighted by molar-refractivity contribution is 4.98. The van der Waals surface area contributed by atoms with Gasteiger partial charge < -0.3 is 10.1 Å². The lowest BCUT2D eigenvalue weighted by atomic mass is 9.83. The van der Waals surface area contributed by atoms with Crippen molar-refractivity contribution in [3.8, 4) is 0 Å². The topological polar surface area (TPSA) is 24.5 Å². The largest absolute Gasteiger partial charge is 0.383 e. The highest BCUT2D eigenvalue weighted by atomic mass is 16.5. The monoisotopic (exact) mass is 254 g/mol. The van der Waals surface area contributed by atoms with Crippen molar-refractivity contribution < 1.29 is 4.74 Å². The number of nitrogens with zero attached hydrogens (tertiary/aromatic N) is 1. The summed E-state index contributed by atoms with van der Waals surface area (Å²) < 4.78 is 5.37. The summed E-state index contributed by atoms with van der Waals surface area (Å²) in [6.45, 7) is 12.5. The van der Waals surface area contributed by atoms with E-state index in [0.29, 0.717) is 23.5 Å². The first kappa shape index (κ1) is 14.3. The Morgan fingerprint density at radius 2 is 2.00 bits per heavy atom. The van der Waals surface area contributed by atoms with E-state index in [1.165, 1.54) is 19.4 Å². The molecule has 0 amide bonds. The van der Waals surface area contributed by atoms with Gasteiger partial charge in [0.25, 0.3) is 0 Å². The molecule has 0 aromatic rings. The number of piperazine rings is 1. The van der Waals surface area contributed by atoms with Gasteiger partial charge in [-0.3, -0.25) is 4.90 Å². The Kier molecular flexibility index (Phi) is 4.35. The molecular formula is C15H30N2O. The van der Waals surface area contributed by atoms with E-state index < -0.39 is 0 Å². The first-order chi connectivity index (χ1) is 8.43. The standard InChI is InChI=1S/C15H30N2O/c1-11(10-18-5)17-9-13(12-6-7-12)16-8-14(17)15(2,3)4/h11-14,16H,6-10H2,1-5H3. The average molecular weight is 254 g/mol. The maximum absolute atomic E-state index is 5.37. The molecule has 1 N–H and O–H groups in total. The fraction of sp³-hybridized carbons (Fsp3) is 1.00. The molecule has 2 aliphatic rings. The Hall–Kier alpha value is -0.120. The van der Waals surface area contributed by atoms with Crippen molar-refractivity contribution in [1.29, 1.82) is 0 Å². The SMILES string of the molecule is COCC(C)N1CC(C2CC2)NCC1C(C)(C)C. The summed E-state index contributed by atoms with van der Waals surface area (Å²) in [5, 5.41) is 3.78. The van der Waals surface area contributed by atoms with Gasteiger partial charge in [0, 0.05) is 38.3 Å². The molecule has 2 fully saturated rings. The van der Waals surface area contributed by atoms with E-state index in [0.717, 1.165) is 19.1 Å². The van der Waals surface area contributed by atoms with Gasteiger partial charge in [0.2, 0.25) is 0 Å². The van der Waals surface area contributed by atoms with Crippen LogP contribution in [0.2, 0.25) is 0 Å². The van der Waals surface area contributed by atoms with Crippen LogP contribution >= 0.6 is 0 Å². The fourth-order valence-corrected chi connectivity index (χ4v) is 3.24. The molecule has 3 unspecified atom stereocenters. The van der Waals surface area contributed by atoms with Gasteiger partial charge in [-0.1, -0.05) is 20.8 Å². The molecule has 3 heteroatoms. The summed E-state index contributed by atoms with van der Waals surface area (Å²) in [7, 11) is 1.81. The first-order valence-corrected chi connectivity index (χ1v) is 7.41. The Morgan fingerprint density at radius 1 is 1.33 bits per heavy atom. The van der Waals surface area contributed by atoms with Gasteiger partial charge in [-0.2, -0.15) is 0 Å². The minimum atomic E-state index is 0.323. The molecule has 1 saturated heterocycles. The van der Waals surface area contributed by atoms with Crippen molar-refractivity contribution in [3.05, 3.63) is 0 Å². The van der Waals surface area contributed by atoms with Crippen molar-refractivity contribution in [2.45, 2.75) is 58.7 Å². The average Bonchev–Trinajstić information content (AvgIpc) is 3.11. The molecule has 2 rings (SSSR count). The van der Waals surface area contributed by atoms with E-state index in [-0.39, 0.29) is 0 Å². The molecule has 1 saturated carbocycles. The van der Waals surface area contributed by atoms with Crippen molar-refractivity contribution in [2.75, 3.05) is 26.8 Å². The van der Waals surface area contributed by atoms with Crippen molar-refractivity contribution in [2.24, 2.45) is 11.3 Å². The number of nitrogens with one attached hydrogen (secondary N) is 1. The fourth-order valence-electron chi connectivity index (χ4n) is 3.24. The third-order valence-corrected chi connectivity index (χ3v) is 4.55. The zero-order chi connectivity index (χ0) is 13.3. The molecule has 3 atom stereocenters. The molecule has 0 aromatic carbocycles. The Balaban J connectivity index is 2.04. The molecule has 0 bridgehead atoms. The summed E-state index contributed by atoms with van der Waals surface area (Å²) in [5.41, 5.74) is 0.323. The number of methoxy groups -OCH3 is 1. The van der Waals surface area contributed by atoms with Crippen LogP contribution in [0.3, 0.4) is 0 Å². The van der Waals surface area contributed by atoms with Crippen LogP contribution < -0.4 is 5.32 Å². The second-order valence-electron chi connectivity index (χ2n) is 7.24. The van der Waals surface area contributed by atoms with Crippen LogP contribution in [0.25, 0.3) is 0 Å². The minimum Gasteiger partial charge on any atom is -0.383 e. The highest BCUT2D eigenvalue weighted by Gasteiger charge is 2.42. The lowest BCUT2D eigenvalue weighted by molar-refractivity contribution is -0.00417. The molecule has 1 aliphatic carbocycles. The summed E-state index contributed by atoms with van der Waals surface area (Å²) in [5.74, 6) is 0.933. The van der Waals surface area contributed by atoms with Crippen LogP contribution in [0.15, 0.2) is 0 Å². The Labute approximate surface area is 112 Å². The second-order valence-corrected chi connectivity index (χ2v) is 7.24. The molecule has 106 valence electrons. The smallest absolute Gasteiger partial charge is 0.0615 e. The predicted molar refractivity (Wildman–Crippen MR) is 75.8 cm³/mol. The molecule has 0 spiro atoms. The normalized spacial score (nSPS) is 32.5. The summed E-state index contributed by atoms with van der Waals surface area (Å²) in [6, 6.07) is 1.84. The predicted octanol–water partition coefficient (Wildman–Crippen LogP) is 2.12. The number of hydrogen-bond donors (Lipinski definition) is 1. The van der Waals surface area contributed by atoms with Gasteiger partial charge in [0.05, 0.1) is 6.61 Å². The lowest BCUT2D eigenvalue weighted by Gasteiger charge is -2.49. The van der Waals surface area contributed by atoms with Crippen molar-refractivity contribution in [3.63, 3.8) is 0 Å². The van der Waals surface area contributed by atoms with E-state index in [9.17, 15) is 0 Å². The van der Waals surface area contributed by atoms with Crippen LogP contribution in [-0.2, 0) is 4.74 Å². The third kappa shape index (κ3) is 3.25. The van der Waals surface area contributed by atoms with Crippen LogP contribution in [0.4, 0.5) is 0 Å². The van der Waals surface area contributed by atoms with Crippen LogP contribution in [0.5, 0.6) is 0 Å². The molecule has 18 heavy (non-hydrogen) atoms. The van der Waals surface area contributed by atoms with Gasteiger partial charge >= 0.3 is 0 Å². The molecule has 0 aromatic heterocycles. The van der Waals surface area contributed by atoms with Gasteiger partial charge in [0.1, 0.15) is 0 Å². The van der Waals surface area contributed by atoms with E-state index in [2.05, 4.69) is 37.9 Å². The summed E-state index contributed by atoms with van der Waals surface area (Å²) >= 11 is 0. The van der Waals surface area contributed by atoms with Crippen molar-refractivity contribution in [1.82, 2.24) is 10.2 Å². The van der Waals surface area contributed by atoms with E-state index in [1.54, 1.807) is 0 Å². The van der Waals surface area contributed by atoms with E-state index in [4.69, 9.17) is 4.74 Å². The molecule has 1 aliphatic heterocycles. The molecule has 0 radical (unpaired) electrons. The maximum Gasteiger partial charge on any atom is 0.0615 e. The molecule has 1 heterocycles. The first-order valence-electron chi connectivity index (χ1n) is 7.41. The number of ether oxygens (including phenoxy) is 1. The summed E-state index contributed by atoms with van der Waals surface area (Å²) in [6.07, 6.45) is 2.84.